The van der Waals surface area contributed by atoms with Crippen LogP contribution in [0.3, 0.4) is 0 Å². The average molecular weight is 243 g/mol. The summed E-state index contributed by atoms with van der Waals surface area (Å²) in [6.07, 6.45) is 1.14. The molecule has 92 valence electrons. The first-order valence-electron chi connectivity index (χ1n) is 5.06. The lowest BCUT2D eigenvalue weighted by Crippen LogP contribution is -2.42. The van der Waals surface area contributed by atoms with Crippen molar-refractivity contribution in [1.82, 2.24) is 4.72 Å². The molecule has 1 N–H and O–H groups in total. The van der Waals surface area contributed by atoms with Crippen molar-refractivity contribution >= 4 is 10.0 Å². The number of hydrogen-bond acceptors (Lipinski definition) is 2. The summed E-state index contributed by atoms with van der Waals surface area (Å²) >= 11 is 0. The highest BCUT2D eigenvalue weighted by atomic mass is 32.2. The SMILES string of the molecule is C.CCc1cccc(C)c1.O=S1(=O)CCN1. The summed E-state index contributed by atoms with van der Waals surface area (Å²) < 4.78 is 22.2. The molecular weight excluding hydrogens is 222 g/mol. The van der Waals surface area contributed by atoms with Gasteiger partial charge >= 0.3 is 0 Å². The van der Waals surface area contributed by atoms with Crippen LogP contribution in [0.15, 0.2) is 24.3 Å². The molecule has 0 aliphatic carbocycles. The predicted octanol–water partition coefficient (Wildman–Crippen LogP) is 2.11. The molecule has 0 radical (unpaired) electrons. The van der Waals surface area contributed by atoms with E-state index in [1.54, 1.807) is 0 Å². The number of rotatable bonds is 1. The monoisotopic (exact) mass is 243 g/mol. The first-order chi connectivity index (χ1) is 7.03. The first-order valence-corrected chi connectivity index (χ1v) is 6.71. The quantitative estimate of drug-likeness (QED) is 0.821. The van der Waals surface area contributed by atoms with E-state index in [1.807, 2.05) is 0 Å². The van der Waals surface area contributed by atoms with E-state index in [1.165, 1.54) is 11.1 Å². The minimum absolute atomic E-state index is 0. The standard InChI is InChI=1S/C9H12.C2H5NO2S.CH4/c1-3-9-6-4-5-8(2)7-9;4-6(5)2-1-3-6;/h4-7H,3H2,1-2H3;3H,1-2H2;1H4. The molecule has 0 unspecified atom stereocenters. The van der Waals surface area contributed by atoms with Crippen molar-refractivity contribution in [3.63, 3.8) is 0 Å². The normalized spacial score (nSPS) is 16.1. The molecule has 1 fully saturated rings. The minimum Gasteiger partial charge on any atom is -0.214 e. The summed E-state index contributed by atoms with van der Waals surface area (Å²) in [5.74, 6) is 0.312. The Morgan fingerprint density at radius 2 is 1.94 bits per heavy atom. The first kappa shape index (κ1) is 15.1. The highest BCUT2D eigenvalue weighted by Gasteiger charge is 2.17. The number of sulfonamides is 1. The van der Waals surface area contributed by atoms with Gasteiger partial charge in [-0.1, -0.05) is 44.2 Å². The van der Waals surface area contributed by atoms with Crippen molar-refractivity contribution in [2.24, 2.45) is 0 Å². The van der Waals surface area contributed by atoms with Crippen LogP contribution in [0.1, 0.15) is 25.5 Å². The van der Waals surface area contributed by atoms with Crippen LogP contribution in [-0.2, 0) is 16.4 Å². The highest BCUT2D eigenvalue weighted by Crippen LogP contribution is 2.03. The van der Waals surface area contributed by atoms with Crippen molar-refractivity contribution in [2.75, 3.05) is 12.3 Å². The zero-order chi connectivity index (χ0) is 11.3. The number of benzene rings is 1. The average Bonchev–Trinajstić information content (AvgIpc) is 2.17. The van der Waals surface area contributed by atoms with Crippen LogP contribution in [0.2, 0.25) is 0 Å². The third-order valence-electron chi connectivity index (χ3n) is 2.18. The van der Waals surface area contributed by atoms with Crippen LogP contribution < -0.4 is 4.72 Å². The number of nitrogens with one attached hydrogen (secondary N) is 1. The van der Waals surface area contributed by atoms with Crippen LogP contribution >= 0.6 is 0 Å². The van der Waals surface area contributed by atoms with Crippen LogP contribution in [-0.4, -0.2) is 20.7 Å². The summed E-state index contributed by atoms with van der Waals surface area (Å²) in [5.41, 5.74) is 2.78. The van der Waals surface area contributed by atoms with E-state index < -0.39 is 10.0 Å². The lowest BCUT2D eigenvalue weighted by atomic mass is 10.1. The summed E-state index contributed by atoms with van der Waals surface area (Å²) in [6, 6.07) is 8.61. The van der Waals surface area contributed by atoms with Crippen molar-refractivity contribution in [3.05, 3.63) is 35.4 Å². The highest BCUT2D eigenvalue weighted by molar-refractivity contribution is 7.90. The molecule has 16 heavy (non-hydrogen) atoms. The van der Waals surface area contributed by atoms with E-state index in [4.69, 9.17) is 0 Å². The second-order valence-electron chi connectivity index (χ2n) is 3.56. The fourth-order valence-electron chi connectivity index (χ4n) is 1.20. The Morgan fingerprint density at radius 3 is 2.19 bits per heavy atom. The molecule has 3 nitrogen and oxygen atoms in total. The molecule has 1 aromatic carbocycles. The van der Waals surface area contributed by atoms with Gasteiger partial charge in [0, 0.05) is 6.54 Å². The van der Waals surface area contributed by atoms with Crippen LogP contribution in [0.5, 0.6) is 0 Å². The lowest BCUT2D eigenvalue weighted by molar-refractivity contribution is 0.565. The van der Waals surface area contributed by atoms with Crippen molar-refractivity contribution < 1.29 is 8.42 Å². The molecule has 2 rings (SSSR count). The molecule has 0 atom stereocenters. The van der Waals surface area contributed by atoms with Crippen LogP contribution in [0.25, 0.3) is 0 Å². The lowest BCUT2D eigenvalue weighted by Gasteiger charge is -2.12. The van der Waals surface area contributed by atoms with Gasteiger partial charge in [0.25, 0.3) is 0 Å². The zero-order valence-electron chi connectivity index (χ0n) is 9.16. The maximum absolute atomic E-state index is 9.98. The summed E-state index contributed by atoms with van der Waals surface area (Å²) in [4.78, 5) is 0. The van der Waals surface area contributed by atoms with Gasteiger partial charge in [-0.3, -0.25) is 0 Å². The Kier molecular flexibility index (Phi) is 6.29. The molecule has 1 aliphatic heterocycles. The third-order valence-corrected chi connectivity index (χ3v) is 3.57. The second-order valence-corrected chi connectivity index (χ2v) is 5.48. The van der Waals surface area contributed by atoms with Gasteiger partial charge < -0.3 is 0 Å². The third kappa shape index (κ3) is 5.28. The van der Waals surface area contributed by atoms with Gasteiger partial charge in [0.1, 0.15) is 0 Å². The summed E-state index contributed by atoms with van der Waals surface area (Å²) in [5, 5.41) is 0. The Hall–Kier alpha value is -0.870. The summed E-state index contributed by atoms with van der Waals surface area (Å²) in [7, 11) is -2.73. The molecule has 0 spiro atoms. The Bertz CT molecular complexity index is 403. The fraction of sp³-hybridized carbons (Fsp3) is 0.500. The van der Waals surface area contributed by atoms with E-state index >= 15 is 0 Å². The van der Waals surface area contributed by atoms with Crippen molar-refractivity contribution in [2.45, 2.75) is 27.7 Å². The number of hydrogen-bond donors (Lipinski definition) is 1. The maximum Gasteiger partial charge on any atom is 0.212 e. The minimum atomic E-state index is -2.73. The second kappa shape index (κ2) is 6.66. The van der Waals surface area contributed by atoms with Gasteiger partial charge in [0.15, 0.2) is 0 Å². The maximum atomic E-state index is 9.98. The summed E-state index contributed by atoms with van der Waals surface area (Å²) in [6.45, 7) is 4.93. The van der Waals surface area contributed by atoms with Gasteiger partial charge in [0.2, 0.25) is 10.0 Å². The van der Waals surface area contributed by atoms with Gasteiger partial charge in [-0.15, -0.1) is 0 Å². The van der Waals surface area contributed by atoms with Gasteiger partial charge in [-0.25, -0.2) is 13.1 Å². The molecule has 4 heteroatoms. The van der Waals surface area contributed by atoms with E-state index in [9.17, 15) is 8.42 Å². The van der Waals surface area contributed by atoms with E-state index in [0.29, 0.717) is 12.3 Å². The van der Waals surface area contributed by atoms with E-state index in [2.05, 4.69) is 42.8 Å². The zero-order valence-corrected chi connectivity index (χ0v) is 9.97. The predicted molar refractivity (Wildman–Crippen MR) is 69.1 cm³/mol. The number of aryl methyl sites for hydroxylation is 2. The largest absolute Gasteiger partial charge is 0.214 e. The topological polar surface area (TPSA) is 46.2 Å². The van der Waals surface area contributed by atoms with Crippen LogP contribution in [0.4, 0.5) is 0 Å². The molecule has 0 amide bonds. The molecule has 0 bridgehead atoms. The molecule has 1 aromatic rings. The van der Waals surface area contributed by atoms with Crippen molar-refractivity contribution in [1.29, 1.82) is 0 Å². The molecule has 0 aromatic heterocycles. The molecule has 0 saturated carbocycles. The van der Waals surface area contributed by atoms with Gasteiger partial charge in [-0.2, -0.15) is 0 Å². The molecule has 1 aliphatic rings. The molecule has 1 heterocycles. The molecule has 1 saturated heterocycles. The van der Waals surface area contributed by atoms with E-state index in [0.717, 1.165) is 6.42 Å². The van der Waals surface area contributed by atoms with Gasteiger partial charge in [-0.05, 0) is 18.9 Å². The van der Waals surface area contributed by atoms with Crippen LogP contribution in [0, 0.1) is 6.92 Å². The smallest absolute Gasteiger partial charge is 0.212 e. The fourth-order valence-corrected chi connectivity index (χ4v) is 1.74. The van der Waals surface area contributed by atoms with E-state index in [-0.39, 0.29) is 7.43 Å². The van der Waals surface area contributed by atoms with Crippen molar-refractivity contribution in [3.8, 4) is 0 Å². The molecular formula is C12H21NO2S. The Morgan fingerprint density at radius 1 is 1.38 bits per heavy atom. The Labute approximate surface area is 98.9 Å². The Balaban J connectivity index is 0.000000283. The van der Waals surface area contributed by atoms with Gasteiger partial charge in [0.05, 0.1) is 5.75 Å².